The Hall–Kier alpha value is -1.22. The lowest BCUT2D eigenvalue weighted by Crippen LogP contribution is -2.32. The minimum absolute atomic E-state index is 0.105. The molecular formula is C9H12BNO5S. The van der Waals surface area contributed by atoms with E-state index in [0.717, 1.165) is 0 Å². The minimum Gasteiger partial charge on any atom is -0.478 e. The molecule has 17 heavy (non-hydrogen) atoms. The van der Waals surface area contributed by atoms with Crippen LogP contribution < -0.4 is 4.72 Å². The topological polar surface area (TPSA) is 107 Å². The van der Waals surface area contributed by atoms with Crippen LogP contribution in [0.1, 0.15) is 15.9 Å². The van der Waals surface area contributed by atoms with Crippen molar-refractivity contribution in [3.63, 3.8) is 0 Å². The van der Waals surface area contributed by atoms with Crippen LogP contribution in [0.25, 0.3) is 0 Å². The first-order chi connectivity index (χ1) is 7.99. The van der Waals surface area contributed by atoms with Crippen LogP contribution in [-0.4, -0.2) is 38.9 Å². The smallest absolute Gasteiger partial charge is 0.467 e. The first kappa shape index (κ1) is 13.8. The van der Waals surface area contributed by atoms with Crippen LogP contribution in [-0.2, 0) is 16.7 Å². The van der Waals surface area contributed by atoms with E-state index in [0.29, 0.717) is 5.56 Å². The Morgan fingerprint density at radius 1 is 1.41 bits per heavy atom. The number of benzene rings is 1. The summed E-state index contributed by atoms with van der Waals surface area (Å²) >= 11 is 0. The van der Waals surface area contributed by atoms with E-state index in [-0.39, 0.29) is 17.8 Å². The Balaban J connectivity index is 2.59. The molecule has 0 radical (unpaired) electrons. The van der Waals surface area contributed by atoms with Crippen LogP contribution in [0.3, 0.4) is 0 Å². The zero-order chi connectivity index (χ0) is 12.8. The molecule has 4 N–H and O–H groups in total. The monoisotopic (exact) mass is 257 g/mol. The number of carboxylic acid groups (broad SMARTS) is 1. The molecular weight excluding hydrogens is 245 g/mol. The molecule has 0 aliphatic heterocycles. The number of hydrogen-bond donors (Lipinski definition) is 4. The Morgan fingerprint density at radius 3 is 2.71 bits per heavy atom. The summed E-state index contributed by atoms with van der Waals surface area (Å²) in [5.41, 5.74) is 0.727. The largest absolute Gasteiger partial charge is 0.478 e. The molecule has 0 heterocycles. The van der Waals surface area contributed by atoms with E-state index >= 15 is 0 Å². The number of hydrogen-bond acceptors (Lipinski definition) is 4. The average Bonchev–Trinajstić information content (AvgIpc) is 2.26. The van der Waals surface area contributed by atoms with Gasteiger partial charge in [0.05, 0.1) is 22.3 Å². The van der Waals surface area contributed by atoms with E-state index in [1.165, 1.54) is 12.1 Å². The summed E-state index contributed by atoms with van der Waals surface area (Å²) in [6, 6.07) is 6.09. The van der Waals surface area contributed by atoms with Crippen molar-refractivity contribution in [2.24, 2.45) is 0 Å². The van der Waals surface area contributed by atoms with Crippen molar-refractivity contribution < 1.29 is 24.2 Å². The van der Waals surface area contributed by atoms with Crippen molar-refractivity contribution in [3.05, 3.63) is 35.4 Å². The zero-order valence-electron chi connectivity index (χ0n) is 8.87. The highest BCUT2D eigenvalue weighted by Crippen LogP contribution is 2.07. The second-order valence-electron chi connectivity index (χ2n) is 3.32. The third-order valence-corrected chi connectivity index (χ3v) is 2.98. The van der Waals surface area contributed by atoms with Crippen LogP contribution in [0.2, 0.25) is 0 Å². The van der Waals surface area contributed by atoms with Crippen molar-refractivity contribution in [1.82, 2.24) is 4.72 Å². The molecule has 0 aromatic heterocycles. The van der Waals surface area contributed by atoms with Gasteiger partial charge in [0.15, 0.2) is 0 Å². The summed E-state index contributed by atoms with van der Waals surface area (Å²) in [7, 11) is -3.04. The maximum Gasteiger partial charge on any atom is 0.467 e. The van der Waals surface area contributed by atoms with Gasteiger partial charge in [-0.05, 0) is 17.7 Å². The van der Waals surface area contributed by atoms with Crippen molar-refractivity contribution >= 4 is 24.1 Å². The van der Waals surface area contributed by atoms with E-state index < -0.39 is 24.1 Å². The highest BCUT2D eigenvalue weighted by molar-refractivity contribution is 7.82. The standard InChI is InChI=1S/C9H12BNO5S/c12-9(13)8-3-1-2-7(4-8)5-17(16)11-6-10(14)15/h1-4,11,14-15H,5-6H2,(H,12,13). The number of rotatable bonds is 6. The summed E-state index contributed by atoms with van der Waals surface area (Å²) < 4.78 is 13.8. The lowest BCUT2D eigenvalue weighted by atomic mass is 9.94. The molecule has 0 saturated heterocycles. The van der Waals surface area contributed by atoms with Gasteiger partial charge in [-0.25, -0.2) is 13.7 Å². The molecule has 0 aliphatic rings. The fourth-order valence-electron chi connectivity index (χ4n) is 1.16. The van der Waals surface area contributed by atoms with Gasteiger partial charge in [0.2, 0.25) is 0 Å². The molecule has 0 aliphatic carbocycles. The molecule has 92 valence electrons. The van der Waals surface area contributed by atoms with Crippen molar-refractivity contribution in [3.8, 4) is 0 Å². The van der Waals surface area contributed by atoms with Crippen LogP contribution in [0.4, 0.5) is 0 Å². The van der Waals surface area contributed by atoms with E-state index in [9.17, 15) is 9.00 Å². The molecule has 1 rings (SSSR count). The van der Waals surface area contributed by atoms with Gasteiger partial charge in [0.25, 0.3) is 0 Å². The normalized spacial score (nSPS) is 12.1. The maximum absolute atomic E-state index is 11.4. The number of aromatic carboxylic acids is 1. The quantitative estimate of drug-likeness (QED) is 0.496. The predicted molar refractivity (Wildman–Crippen MR) is 63.4 cm³/mol. The summed E-state index contributed by atoms with van der Waals surface area (Å²) in [6.45, 7) is 0. The molecule has 0 spiro atoms. The number of nitrogens with one attached hydrogen (secondary N) is 1. The summed E-state index contributed by atoms with van der Waals surface area (Å²) in [5.74, 6) is -0.940. The van der Waals surface area contributed by atoms with Crippen LogP contribution in [0.5, 0.6) is 0 Å². The van der Waals surface area contributed by atoms with Crippen molar-refractivity contribution in [2.75, 3.05) is 6.44 Å². The lowest BCUT2D eigenvalue weighted by molar-refractivity contribution is 0.0696. The Bertz CT molecular complexity index is 426. The third kappa shape index (κ3) is 5.09. The number of carbonyl (C=O) groups is 1. The van der Waals surface area contributed by atoms with Crippen molar-refractivity contribution in [2.45, 2.75) is 5.75 Å². The zero-order valence-corrected chi connectivity index (χ0v) is 9.68. The SMILES string of the molecule is O=C(O)c1cccc(CS(=O)NCB(O)O)c1. The second kappa shape index (κ2) is 6.50. The van der Waals surface area contributed by atoms with Gasteiger partial charge in [-0.1, -0.05) is 12.1 Å². The molecule has 8 heteroatoms. The van der Waals surface area contributed by atoms with Crippen LogP contribution in [0.15, 0.2) is 24.3 Å². The molecule has 1 aromatic rings. The minimum atomic E-state index is -1.57. The van der Waals surface area contributed by atoms with Crippen LogP contribution >= 0.6 is 0 Å². The van der Waals surface area contributed by atoms with Gasteiger partial charge in [-0.2, -0.15) is 0 Å². The van der Waals surface area contributed by atoms with E-state index in [4.69, 9.17) is 15.2 Å². The van der Waals surface area contributed by atoms with Crippen molar-refractivity contribution in [1.29, 1.82) is 0 Å². The van der Waals surface area contributed by atoms with Gasteiger partial charge in [0, 0.05) is 6.44 Å². The Kier molecular flexibility index (Phi) is 5.30. The molecule has 0 bridgehead atoms. The fraction of sp³-hybridized carbons (Fsp3) is 0.222. The molecule has 6 nitrogen and oxygen atoms in total. The molecule has 1 aromatic carbocycles. The third-order valence-electron chi connectivity index (χ3n) is 1.90. The van der Waals surface area contributed by atoms with Crippen LogP contribution in [0, 0.1) is 0 Å². The molecule has 1 unspecified atom stereocenters. The number of carboxylic acids is 1. The van der Waals surface area contributed by atoms with Gasteiger partial charge >= 0.3 is 13.1 Å². The van der Waals surface area contributed by atoms with E-state index in [2.05, 4.69) is 4.72 Å². The Labute approximate surface area is 101 Å². The fourth-order valence-corrected chi connectivity index (χ4v) is 2.08. The molecule has 0 saturated carbocycles. The van der Waals surface area contributed by atoms with E-state index in [1.807, 2.05) is 0 Å². The summed E-state index contributed by atoms with van der Waals surface area (Å²) in [5, 5.41) is 25.9. The average molecular weight is 257 g/mol. The van der Waals surface area contributed by atoms with Gasteiger partial charge in [-0.15, -0.1) is 0 Å². The summed E-state index contributed by atoms with van der Waals surface area (Å²) in [4.78, 5) is 10.7. The van der Waals surface area contributed by atoms with Gasteiger partial charge in [-0.3, -0.25) is 0 Å². The maximum atomic E-state index is 11.4. The summed E-state index contributed by atoms with van der Waals surface area (Å²) in [6.07, 6.45) is -0.203. The Morgan fingerprint density at radius 2 is 2.12 bits per heavy atom. The second-order valence-corrected chi connectivity index (χ2v) is 4.59. The molecule has 1 atom stereocenters. The highest BCUT2D eigenvalue weighted by Gasteiger charge is 2.10. The van der Waals surface area contributed by atoms with Gasteiger partial charge < -0.3 is 15.2 Å². The first-order valence-corrected chi connectivity index (χ1v) is 6.11. The lowest BCUT2D eigenvalue weighted by Gasteiger charge is -2.04. The molecule has 0 amide bonds. The highest BCUT2D eigenvalue weighted by atomic mass is 32.2. The predicted octanol–water partition coefficient (Wildman–Crippen LogP) is -0.850. The molecule has 0 fully saturated rings. The van der Waals surface area contributed by atoms with Gasteiger partial charge in [0.1, 0.15) is 0 Å². The van der Waals surface area contributed by atoms with E-state index in [1.54, 1.807) is 12.1 Å². The first-order valence-electron chi connectivity index (χ1n) is 4.79.